The molecule has 0 saturated carbocycles. The first-order chi connectivity index (χ1) is 14.4. The van der Waals surface area contributed by atoms with Crippen LogP contribution in [0.2, 0.25) is 0 Å². The third kappa shape index (κ3) is 3.34. The molecule has 4 aliphatic rings. The van der Waals surface area contributed by atoms with E-state index in [4.69, 9.17) is 4.99 Å². The summed E-state index contributed by atoms with van der Waals surface area (Å²) in [6.45, 7) is 4.61. The Kier molecular flexibility index (Phi) is 4.91. The number of anilines is 1. The Morgan fingerprint density at radius 3 is 2.80 bits per heavy atom. The van der Waals surface area contributed by atoms with Crippen LogP contribution in [0.25, 0.3) is 0 Å². The van der Waals surface area contributed by atoms with E-state index >= 15 is 0 Å². The minimum atomic E-state index is -3.43. The quantitative estimate of drug-likeness (QED) is 0.759. The first-order valence-electron chi connectivity index (χ1n) is 10.1. The smallest absolute Gasteiger partial charge is 0.252 e. The molecule has 11 heteroatoms. The van der Waals surface area contributed by atoms with E-state index in [0.717, 1.165) is 35.8 Å². The zero-order chi connectivity index (χ0) is 20.9. The van der Waals surface area contributed by atoms with Crippen LogP contribution in [0.15, 0.2) is 37.8 Å². The van der Waals surface area contributed by atoms with Gasteiger partial charge in [0.05, 0.1) is 17.6 Å². The van der Waals surface area contributed by atoms with Crippen molar-refractivity contribution in [2.75, 3.05) is 38.5 Å². The average molecular weight is 448 g/mol. The van der Waals surface area contributed by atoms with Gasteiger partial charge in [-0.15, -0.1) is 11.3 Å². The van der Waals surface area contributed by atoms with Gasteiger partial charge in [-0.3, -0.25) is 10.0 Å². The van der Waals surface area contributed by atoms with Gasteiger partial charge in [0.25, 0.3) is 10.0 Å². The fraction of sp³-hybridized carbons (Fsp3) is 0.526. The van der Waals surface area contributed by atoms with Crippen molar-refractivity contribution in [2.45, 2.75) is 30.0 Å². The highest BCUT2D eigenvalue weighted by atomic mass is 32.2. The van der Waals surface area contributed by atoms with E-state index < -0.39 is 10.0 Å². The van der Waals surface area contributed by atoms with Crippen molar-refractivity contribution in [3.05, 3.63) is 24.0 Å². The lowest BCUT2D eigenvalue weighted by Gasteiger charge is -2.29. The Morgan fingerprint density at radius 1 is 1.27 bits per heavy atom. The third-order valence-electron chi connectivity index (χ3n) is 5.85. The summed E-state index contributed by atoms with van der Waals surface area (Å²) in [7, 11) is -1.46. The molecule has 160 valence electrons. The first-order valence-corrected chi connectivity index (χ1v) is 12.4. The number of nitrogens with one attached hydrogen (secondary N) is 1. The lowest BCUT2D eigenvalue weighted by Crippen LogP contribution is -2.44. The molecule has 1 N–H and O–H groups in total. The monoisotopic (exact) mass is 447 g/mol. The van der Waals surface area contributed by atoms with E-state index in [1.807, 2.05) is 37.5 Å². The molecule has 0 radical (unpaired) electrons. The standard InChI is InChI=1S/C19H25N7O2S2/c1-13-9-16(29-19(13)30(27,28)25-6-3-4-7-25)23-17-18-21-11-15(26(18)8-5-20-17)14-10-22-24(2)12-14/h5,8-10,14-15H,3-4,6-7,11-12H2,1-2H3,(H,20,23). The number of thiophene rings is 1. The van der Waals surface area contributed by atoms with Crippen LogP contribution in [0.3, 0.4) is 0 Å². The van der Waals surface area contributed by atoms with Crippen LogP contribution in [0, 0.1) is 12.8 Å². The molecule has 0 bridgehead atoms. The summed E-state index contributed by atoms with van der Waals surface area (Å²) in [6.07, 6.45) is 7.56. The second-order valence-electron chi connectivity index (χ2n) is 8.00. The maximum absolute atomic E-state index is 13.0. The highest BCUT2D eigenvalue weighted by Gasteiger charge is 2.38. The van der Waals surface area contributed by atoms with Gasteiger partial charge in [-0.25, -0.2) is 13.4 Å². The highest BCUT2D eigenvalue weighted by Crippen LogP contribution is 2.34. The average Bonchev–Trinajstić information content (AvgIpc) is 3.48. The van der Waals surface area contributed by atoms with Crippen molar-refractivity contribution in [3.8, 4) is 0 Å². The summed E-state index contributed by atoms with van der Waals surface area (Å²) in [5, 5.41) is 10.4. The molecule has 1 fully saturated rings. The Balaban J connectivity index is 1.34. The minimum absolute atomic E-state index is 0.216. The van der Waals surface area contributed by atoms with E-state index in [0.29, 0.717) is 35.6 Å². The second kappa shape index (κ2) is 7.47. The van der Waals surface area contributed by atoms with Crippen molar-refractivity contribution in [1.29, 1.82) is 0 Å². The Hall–Kier alpha value is -2.24. The van der Waals surface area contributed by atoms with Gasteiger partial charge in [0.2, 0.25) is 0 Å². The second-order valence-corrected chi connectivity index (χ2v) is 11.2. The number of nitrogens with zero attached hydrogens (tertiary/aromatic N) is 6. The fourth-order valence-electron chi connectivity index (χ4n) is 4.32. The molecule has 2 unspecified atom stereocenters. The number of sulfonamides is 1. The first kappa shape index (κ1) is 19.7. The number of hydrogen-bond donors (Lipinski definition) is 1. The molecule has 0 spiro atoms. The number of hydrogen-bond acceptors (Lipinski definition) is 9. The number of hydrazone groups is 1. The van der Waals surface area contributed by atoms with Gasteiger partial charge in [-0.2, -0.15) is 9.41 Å². The SMILES string of the molecule is Cc1cc(NC2=NC=CN3C2=NCC3C2C=NN(C)C2)sc1S(=O)(=O)N1CCCC1. The Morgan fingerprint density at radius 2 is 2.07 bits per heavy atom. The summed E-state index contributed by atoms with van der Waals surface area (Å²) < 4.78 is 28.0. The van der Waals surface area contributed by atoms with E-state index in [2.05, 4.69) is 20.3 Å². The van der Waals surface area contributed by atoms with E-state index in [-0.39, 0.29) is 6.04 Å². The summed E-state index contributed by atoms with van der Waals surface area (Å²) in [6, 6.07) is 2.10. The van der Waals surface area contributed by atoms with E-state index in [1.54, 1.807) is 10.5 Å². The third-order valence-corrected chi connectivity index (χ3v) is 9.51. The highest BCUT2D eigenvalue weighted by molar-refractivity contribution is 7.91. The summed E-state index contributed by atoms with van der Waals surface area (Å²) in [5.74, 6) is 1.75. The molecule has 2 atom stereocenters. The van der Waals surface area contributed by atoms with Gasteiger partial charge in [0, 0.05) is 51.2 Å². The van der Waals surface area contributed by atoms with Crippen molar-refractivity contribution in [2.24, 2.45) is 21.0 Å². The summed E-state index contributed by atoms with van der Waals surface area (Å²) in [4.78, 5) is 11.3. The number of amidine groups is 2. The van der Waals surface area contributed by atoms with Gasteiger partial charge in [0.1, 0.15) is 4.21 Å². The molecule has 0 aliphatic carbocycles. The van der Waals surface area contributed by atoms with Crippen LogP contribution in [0.4, 0.5) is 5.00 Å². The molecule has 0 amide bonds. The molecule has 0 aromatic carbocycles. The van der Waals surface area contributed by atoms with Crippen molar-refractivity contribution < 1.29 is 8.42 Å². The van der Waals surface area contributed by atoms with Crippen LogP contribution in [-0.4, -0.2) is 79.8 Å². The largest absolute Gasteiger partial charge is 0.329 e. The molecule has 4 aliphatic heterocycles. The minimum Gasteiger partial charge on any atom is -0.329 e. The van der Waals surface area contributed by atoms with Gasteiger partial charge in [-0.1, -0.05) is 0 Å². The maximum atomic E-state index is 13.0. The predicted molar refractivity (Wildman–Crippen MR) is 120 cm³/mol. The van der Waals surface area contributed by atoms with Gasteiger partial charge < -0.3 is 10.2 Å². The normalized spacial score (nSPS) is 26.3. The van der Waals surface area contributed by atoms with Gasteiger partial charge >= 0.3 is 0 Å². The molecule has 5 heterocycles. The summed E-state index contributed by atoms with van der Waals surface area (Å²) >= 11 is 1.26. The van der Waals surface area contributed by atoms with Gasteiger partial charge in [-0.05, 0) is 31.4 Å². The number of rotatable bonds is 4. The van der Waals surface area contributed by atoms with Crippen LogP contribution in [0.5, 0.6) is 0 Å². The number of fused-ring (bicyclic) bond motifs is 1. The molecular weight excluding hydrogens is 422 g/mol. The zero-order valence-electron chi connectivity index (χ0n) is 17.0. The summed E-state index contributed by atoms with van der Waals surface area (Å²) in [5.41, 5.74) is 0.759. The van der Waals surface area contributed by atoms with Gasteiger partial charge in [0.15, 0.2) is 11.7 Å². The van der Waals surface area contributed by atoms with Crippen LogP contribution in [0.1, 0.15) is 18.4 Å². The fourth-order valence-corrected chi connectivity index (χ4v) is 7.57. The van der Waals surface area contributed by atoms with Crippen molar-refractivity contribution in [3.63, 3.8) is 0 Å². The zero-order valence-corrected chi connectivity index (χ0v) is 18.7. The maximum Gasteiger partial charge on any atom is 0.252 e. The molecule has 1 aromatic rings. The van der Waals surface area contributed by atoms with Crippen LogP contribution >= 0.6 is 11.3 Å². The molecule has 1 aromatic heterocycles. The van der Waals surface area contributed by atoms with Crippen LogP contribution < -0.4 is 5.32 Å². The van der Waals surface area contributed by atoms with Crippen molar-refractivity contribution >= 4 is 44.2 Å². The molecule has 30 heavy (non-hydrogen) atoms. The van der Waals surface area contributed by atoms with Crippen molar-refractivity contribution in [1.82, 2.24) is 14.2 Å². The Bertz CT molecular complexity index is 1070. The molecule has 5 rings (SSSR count). The molecular formula is C19H25N7O2S2. The number of aryl methyl sites for hydroxylation is 1. The lowest BCUT2D eigenvalue weighted by atomic mass is 10.0. The predicted octanol–water partition coefficient (Wildman–Crippen LogP) is 1.77. The van der Waals surface area contributed by atoms with E-state index in [1.165, 1.54) is 11.3 Å². The molecule has 1 saturated heterocycles. The lowest BCUT2D eigenvalue weighted by molar-refractivity contribution is 0.299. The topological polar surface area (TPSA) is 93.0 Å². The Labute approximate surface area is 180 Å². The number of aliphatic imine (C=N–C) groups is 2. The van der Waals surface area contributed by atoms with Crippen LogP contribution in [-0.2, 0) is 10.0 Å². The molecule has 9 nitrogen and oxygen atoms in total. The van der Waals surface area contributed by atoms with E-state index in [9.17, 15) is 8.42 Å².